The Morgan fingerprint density at radius 2 is 1.48 bits per heavy atom. The third-order valence-electron chi connectivity index (χ3n) is 5.77. The minimum absolute atomic E-state index is 0.0484. The standard InChI is InChI=1S/C33H27ClN2O4/c1-2-40-31-11-7-6-8-25(31)16-21-30(37)24-14-19-28(20-15-24)35-33(39)29(22-23-12-17-27(34)18-13-23)36-32(38)26-9-4-3-5-10-26/h3-22H,2H2,1H3,(H,35,39)(H,36,38)/b21-16+,29-22-. The van der Waals surface area contributed by atoms with E-state index in [2.05, 4.69) is 10.6 Å². The zero-order chi connectivity index (χ0) is 28.3. The Balaban J connectivity index is 1.48. The van der Waals surface area contributed by atoms with Crippen LogP contribution in [0.15, 0.2) is 115 Å². The van der Waals surface area contributed by atoms with Crippen LogP contribution in [0, 0.1) is 0 Å². The van der Waals surface area contributed by atoms with Crippen molar-refractivity contribution in [1.29, 1.82) is 0 Å². The number of ether oxygens (including phenoxy) is 1. The first kappa shape index (κ1) is 28.1. The van der Waals surface area contributed by atoms with Gasteiger partial charge in [0.05, 0.1) is 6.61 Å². The van der Waals surface area contributed by atoms with E-state index in [1.165, 1.54) is 6.08 Å². The maximum absolute atomic E-state index is 13.2. The van der Waals surface area contributed by atoms with Crippen LogP contribution in [-0.2, 0) is 4.79 Å². The topological polar surface area (TPSA) is 84.5 Å². The van der Waals surface area contributed by atoms with E-state index in [4.69, 9.17) is 16.3 Å². The molecule has 40 heavy (non-hydrogen) atoms. The summed E-state index contributed by atoms with van der Waals surface area (Å²) in [5.41, 5.74) is 2.87. The second-order valence-corrected chi connectivity index (χ2v) is 9.07. The van der Waals surface area contributed by atoms with Crippen LogP contribution in [0.4, 0.5) is 5.69 Å². The number of halogens is 1. The van der Waals surface area contributed by atoms with Crippen LogP contribution in [0.1, 0.15) is 38.8 Å². The summed E-state index contributed by atoms with van der Waals surface area (Å²) >= 11 is 5.98. The quantitative estimate of drug-likeness (QED) is 0.164. The summed E-state index contributed by atoms with van der Waals surface area (Å²) in [4.78, 5) is 38.7. The van der Waals surface area contributed by atoms with Crippen molar-refractivity contribution in [3.05, 3.63) is 142 Å². The minimum Gasteiger partial charge on any atom is -0.493 e. The van der Waals surface area contributed by atoms with Gasteiger partial charge in [0, 0.05) is 27.4 Å². The molecule has 0 aliphatic heterocycles. The van der Waals surface area contributed by atoms with Crippen molar-refractivity contribution >= 4 is 47.0 Å². The van der Waals surface area contributed by atoms with Crippen molar-refractivity contribution in [2.45, 2.75) is 6.92 Å². The van der Waals surface area contributed by atoms with Crippen LogP contribution in [0.3, 0.4) is 0 Å². The second-order valence-electron chi connectivity index (χ2n) is 8.63. The van der Waals surface area contributed by atoms with Crippen molar-refractivity contribution in [3.8, 4) is 5.75 Å². The van der Waals surface area contributed by atoms with Gasteiger partial charge in [-0.25, -0.2) is 0 Å². The minimum atomic E-state index is -0.522. The Labute approximate surface area is 238 Å². The third kappa shape index (κ3) is 7.79. The summed E-state index contributed by atoms with van der Waals surface area (Å²) in [7, 11) is 0. The molecule has 4 aromatic rings. The first-order chi connectivity index (χ1) is 19.4. The van der Waals surface area contributed by atoms with E-state index in [9.17, 15) is 14.4 Å². The predicted octanol–water partition coefficient (Wildman–Crippen LogP) is 7.04. The van der Waals surface area contributed by atoms with E-state index in [-0.39, 0.29) is 11.5 Å². The van der Waals surface area contributed by atoms with Crippen LogP contribution in [0.5, 0.6) is 5.75 Å². The molecular weight excluding hydrogens is 524 g/mol. The van der Waals surface area contributed by atoms with Gasteiger partial charge in [0.1, 0.15) is 11.4 Å². The summed E-state index contributed by atoms with van der Waals surface area (Å²) in [6, 6.07) is 29.5. The van der Waals surface area contributed by atoms with Gasteiger partial charge >= 0.3 is 0 Å². The van der Waals surface area contributed by atoms with Crippen molar-refractivity contribution in [2.75, 3.05) is 11.9 Å². The zero-order valence-electron chi connectivity index (χ0n) is 21.8. The number of rotatable bonds is 10. The van der Waals surface area contributed by atoms with Gasteiger partial charge in [0.25, 0.3) is 11.8 Å². The highest BCUT2D eigenvalue weighted by Gasteiger charge is 2.15. The van der Waals surface area contributed by atoms with Gasteiger partial charge in [-0.1, -0.05) is 60.1 Å². The molecule has 0 fully saturated rings. The molecular formula is C33H27ClN2O4. The smallest absolute Gasteiger partial charge is 0.272 e. The van der Waals surface area contributed by atoms with Gasteiger partial charge in [-0.05, 0) is 85.3 Å². The van der Waals surface area contributed by atoms with Crippen LogP contribution < -0.4 is 15.4 Å². The lowest BCUT2D eigenvalue weighted by Gasteiger charge is -2.12. The molecule has 4 rings (SSSR count). The fourth-order valence-corrected chi connectivity index (χ4v) is 3.88. The number of allylic oxidation sites excluding steroid dienone is 1. The van der Waals surface area contributed by atoms with Crippen LogP contribution >= 0.6 is 11.6 Å². The van der Waals surface area contributed by atoms with Gasteiger partial charge in [-0.2, -0.15) is 0 Å². The van der Waals surface area contributed by atoms with E-state index < -0.39 is 11.8 Å². The number of benzene rings is 4. The lowest BCUT2D eigenvalue weighted by molar-refractivity contribution is -0.113. The fourth-order valence-electron chi connectivity index (χ4n) is 3.75. The molecule has 0 bridgehead atoms. The van der Waals surface area contributed by atoms with Gasteiger partial charge in [-0.15, -0.1) is 0 Å². The SMILES string of the molecule is CCOc1ccccc1/C=C/C(=O)c1ccc(NC(=O)/C(=C/c2ccc(Cl)cc2)NC(=O)c2ccccc2)cc1. The number of hydrogen-bond donors (Lipinski definition) is 2. The van der Waals surface area contributed by atoms with E-state index in [1.807, 2.05) is 31.2 Å². The molecule has 200 valence electrons. The summed E-state index contributed by atoms with van der Waals surface area (Å²) in [5.74, 6) is -0.433. The fraction of sp³-hybridized carbons (Fsp3) is 0.0606. The van der Waals surface area contributed by atoms with Crippen LogP contribution in [0.25, 0.3) is 12.2 Å². The molecule has 0 aromatic heterocycles. The normalized spacial score (nSPS) is 11.2. The van der Waals surface area contributed by atoms with Crippen molar-refractivity contribution in [2.24, 2.45) is 0 Å². The lowest BCUT2D eigenvalue weighted by Crippen LogP contribution is -2.30. The molecule has 0 atom stereocenters. The van der Waals surface area contributed by atoms with Crippen LogP contribution in [-0.4, -0.2) is 24.2 Å². The molecule has 2 N–H and O–H groups in total. The Morgan fingerprint density at radius 1 is 0.800 bits per heavy atom. The monoisotopic (exact) mass is 550 g/mol. The molecule has 0 radical (unpaired) electrons. The summed E-state index contributed by atoms with van der Waals surface area (Å²) in [6.45, 7) is 2.43. The summed E-state index contributed by atoms with van der Waals surface area (Å²) < 4.78 is 5.60. The van der Waals surface area contributed by atoms with E-state index in [1.54, 1.807) is 91.0 Å². The van der Waals surface area contributed by atoms with E-state index in [0.717, 1.165) is 5.56 Å². The molecule has 4 aromatic carbocycles. The number of anilines is 1. The summed E-state index contributed by atoms with van der Waals surface area (Å²) in [5, 5.41) is 6.03. The number of amides is 2. The molecule has 0 heterocycles. The number of ketones is 1. The molecule has 0 spiro atoms. The maximum atomic E-state index is 13.2. The molecule has 0 saturated carbocycles. The van der Waals surface area contributed by atoms with Crippen molar-refractivity contribution in [1.82, 2.24) is 5.32 Å². The second kappa shape index (κ2) is 13.7. The molecule has 0 aliphatic rings. The number of hydrogen-bond acceptors (Lipinski definition) is 4. The molecule has 2 amide bonds. The lowest BCUT2D eigenvalue weighted by atomic mass is 10.1. The van der Waals surface area contributed by atoms with Crippen molar-refractivity contribution < 1.29 is 19.1 Å². The highest BCUT2D eigenvalue weighted by Crippen LogP contribution is 2.20. The third-order valence-corrected chi connectivity index (χ3v) is 6.02. The zero-order valence-corrected chi connectivity index (χ0v) is 22.5. The average molecular weight is 551 g/mol. The van der Waals surface area contributed by atoms with Gasteiger partial charge in [-0.3, -0.25) is 14.4 Å². The van der Waals surface area contributed by atoms with E-state index in [0.29, 0.717) is 39.8 Å². The van der Waals surface area contributed by atoms with Gasteiger partial charge in [0.15, 0.2) is 5.78 Å². The number of nitrogens with one attached hydrogen (secondary N) is 2. The predicted molar refractivity (Wildman–Crippen MR) is 159 cm³/mol. The van der Waals surface area contributed by atoms with Crippen molar-refractivity contribution in [3.63, 3.8) is 0 Å². The number of carbonyl (C=O) groups is 3. The Hall–Kier alpha value is -4.94. The highest BCUT2D eigenvalue weighted by molar-refractivity contribution is 6.30. The molecule has 6 nitrogen and oxygen atoms in total. The van der Waals surface area contributed by atoms with Crippen LogP contribution in [0.2, 0.25) is 5.02 Å². The average Bonchev–Trinajstić information content (AvgIpc) is 2.98. The molecule has 7 heteroatoms. The molecule has 0 unspecified atom stereocenters. The van der Waals surface area contributed by atoms with E-state index >= 15 is 0 Å². The number of para-hydroxylation sites is 1. The first-order valence-electron chi connectivity index (χ1n) is 12.6. The molecule has 0 saturated heterocycles. The van der Waals surface area contributed by atoms with Gasteiger partial charge < -0.3 is 15.4 Å². The Morgan fingerprint density at radius 3 is 2.17 bits per heavy atom. The Bertz CT molecular complexity index is 1540. The Kier molecular flexibility index (Phi) is 9.64. The first-order valence-corrected chi connectivity index (χ1v) is 13.0. The largest absolute Gasteiger partial charge is 0.493 e. The number of carbonyl (C=O) groups excluding carboxylic acids is 3. The maximum Gasteiger partial charge on any atom is 0.272 e. The molecule has 0 aliphatic carbocycles. The summed E-state index contributed by atoms with van der Waals surface area (Å²) in [6.07, 6.45) is 4.76. The highest BCUT2D eigenvalue weighted by atomic mass is 35.5. The van der Waals surface area contributed by atoms with Gasteiger partial charge in [0.2, 0.25) is 0 Å².